The van der Waals surface area contributed by atoms with E-state index >= 15 is 0 Å². The van der Waals surface area contributed by atoms with Gasteiger partial charge in [0.25, 0.3) is 17.0 Å². The first-order valence-corrected chi connectivity index (χ1v) is 19.7. The van der Waals surface area contributed by atoms with Crippen molar-refractivity contribution in [1.29, 1.82) is 0 Å². The first kappa shape index (κ1) is 38.2. The van der Waals surface area contributed by atoms with E-state index in [1.165, 1.54) is 9.36 Å². The van der Waals surface area contributed by atoms with Crippen LogP contribution in [0.25, 0.3) is 32.9 Å². The van der Waals surface area contributed by atoms with Gasteiger partial charge < -0.3 is 15.1 Å². The molecular formula is C47H40N8O5. The van der Waals surface area contributed by atoms with Gasteiger partial charge in [0.1, 0.15) is 0 Å². The lowest BCUT2D eigenvalue weighted by atomic mass is 9.82. The van der Waals surface area contributed by atoms with Gasteiger partial charge in [-0.15, -0.1) is 5.10 Å². The third kappa shape index (κ3) is 6.79. The zero-order valence-electron chi connectivity index (χ0n) is 32.6. The summed E-state index contributed by atoms with van der Waals surface area (Å²) in [6.45, 7) is 2.30. The number of nitrogens with zero attached hydrogens (tertiary/aromatic N) is 8. The fourth-order valence-corrected chi connectivity index (χ4v) is 7.98. The average molecular weight is 797 g/mol. The lowest BCUT2D eigenvalue weighted by molar-refractivity contribution is -0.139. The summed E-state index contributed by atoms with van der Waals surface area (Å²) in [6.07, 6.45) is 9.35. The monoisotopic (exact) mass is 796 g/mol. The number of benzene rings is 5. The molecule has 0 bridgehead atoms. The van der Waals surface area contributed by atoms with Crippen molar-refractivity contribution in [2.45, 2.75) is 38.0 Å². The molecule has 1 unspecified atom stereocenters. The minimum absolute atomic E-state index is 0.103. The quantitative estimate of drug-likeness (QED) is 0.145. The molecule has 0 radical (unpaired) electrons. The lowest BCUT2D eigenvalue weighted by Gasteiger charge is -2.28. The number of carbonyl (C=O) groups excluding carboxylic acids is 1. The second-order valence-corrected chi connectivity index (χ2v) is 15.0. The standard InChI is InChI=1S/C47H40N8O5/c1-31(11-9-10-24-52-29-42(50-51-52)40(30-56)33-12-3-2-4-13-33)47(60)41-25-37(55-45(58)39-17-8-6-15-35(39)27-49-55)22-23-43(41)53(46(47)59)28-32-18-20-36(21-19-32)54-44(57)38-16-7-5-14-34(38)26-48-54/h2-9,11-23,25-27,29,31,40,56,60H,10,24,28,30H2,1H3/b11-9+/t31-,40?,47+/m0/s1. The molecule has 0 fully saturated rings. The Morgan fingerprint density at radius 1 is 0.750 bits per heavy atom. The third-order valence-corrected chi connectivity index (χ3v) is 11.3. The van der Waals surface area contributed by atoms with Crippen molar-refractivity contribution in [1.82, 2.24) is 34.6 Å². The van der Waals surface area contributed by atoms with E-state index < -0.39 is 17.4 Å². The summed E-state index contributed by atoms with van der Waals surface area (Å²) in [5, 5.41) is 42.6. The van der Waals surface area contributed by atoms with Gasteiger partial charge in [0.05, 0.1) is 65.0 Å². The van der Waals surface area contributed by atoms with Crippen molar-refractivity contribution in [3.8, 4) is 11.4 Å². The Balaban J connectivity index is 1.00. The number of amides is 1. The van der Waals surface area contributed by atoms with Crippen LogP contribution in [0.4, 0.5) is 5.69 Å². The third-order valence-electron chi connectivity index (χ3n) is 11.3. The molecule has 9 rings (SSSR count). The number of fused-ring (bicyclic) bond motifs is 3. The highest BCUT2D eigenvalue weighted by molar-refractivity contribution is 6.07. The van der Waals surface area contributed by atoms with Gasteiger partial charge in [0.15, 0.2) is 5.60 Å². The molecule has 13 heteroatoms. The van der Waals surface area contributed by atoms with Crippen LogP contribution in [0, 0.1) is 5.92 Å². The fraction of sp³-hybridized carbons (Fsp3) is 0.170. The van der Waals surface area contributed by atoms with Crippen molar-refractivity contribution in [3.05, 3.63) is 195 Å². The molecule has 0 aliphatic carbocycles. The molecule has 2 N–H and O–H groups in total. The van der Waals surface area contributed by atoms with Gasteiger partial charge in [0, 0.05) is 35.0 Å². The summed E-state index contributed by atoms with van der Waals surface area (Å²) in [4.78, 5) is 43.0. The summed E-state index contributed by atoms with van der Waals surface area (Å²) >= 11 is 0. The molecule has 1 aliphatic rings. The maximum absolute atomic E-state index is 14.6. The van der Waals surface area contributed by atoms with E-state index in [1.807, 2.05) is 91.1 Å². The molecule has 60 heavy (non-hydrogen) atoms. The van der Waals surface area contributed by atoms with E-state index in [0.29, 0.717) is 57.4 Å². The molecule has 4 heterocycles. The van der Waals surface area contributed by atoms with Gasteiger partial charge in [-0.25, -0.2) is 0 Å². The van der Waals surface area contributed by atoms with Gasteiger partial charge in [-0.3, -0.25) is 19.1 Å². The normalized spacial score (nSPS) is 16.2. The number of hydrogen-bond acceptors (Lipinski definition) is 9. The van der Waals surface area contributed by atoms with Crippen LogP contribution in [0.2, 0.25) is 0 Å². The maximum Gasteiger partial charge on any atom is 0.279 e. The van der Waals surface area contributed by atoms with Crippen LogP contribution >= 0.6 is 0 Å². The van der Waals surface area contributed by atoms with Crippen LogP contribution in [0.1, 0.15) is 41.6 Å². The van der Waals surface area contributed by atoms with E-state index in [1.54, 1.807) is 77.4 Å². The molecule has 1 amide bonds. The molecule has 5 aromatic carbocycles. The molecule has 1 aliphatic heterocycles. The second kappa shape index (κ2) is 15.8. The summed E-state index contributed by atoms with van der Waals surface area (Å²) in [6, 6.07) is 36.5. The molecule has 0 saturated heterocycles. The summed E-state index contributed by atoms with van der Waals surface area (Å²) in [5.74, 6) is -1.50. The van der Waals surface area contributed by atoms with Crippen molar-refractivity contribution in [3.63, 3.8) is 0 Å². The predicted molar refractivity (Wildman–Crippen MR) is 228 cm³/mol. The molecule has 3 atom stereocenters. The Hall–Kier alpha value is -7.35. The largest absolute Gasteiger partial charge is 0.395 e. The van der Waals surface area contributed by atoms with Crippen LogP contribution in [-0.2, 0) is 23.5 Å². The molecular weight excluding hydrogens is 757 g/mol. The van der Waals surface area contributed by atoms with Crippen LogP contribution in [0.15, 0.2) is 162 Å². The average Bonchev–Trinajstić information content (AvgIpc) is 3.83. The summed E-state index contributed by atoms with van der Waals surface area (Å²) < 4.78 is 4.34. The van der Waals surface area contributed by atoms with Gasteiger partial charge >= 0.3 is 0 Å². The minimum atomic E-state index is -1.99. The highest BCUT2D eigenvalue weighted by Crippen LogP contribution is 2.46. The number of hydrogen-bond donors (Lipinski definition) is 2. The summed E-state index contributed by atoms with van der Waals surface area (Å²) in [5.41, 5.74) is 1.65. The number of rotatable bonds is 12. The Morgan fingerprint density at radius 3 is 2.03 bits per heavy atom. The molecule has 0 saturated carbocycles. The number of aliphatic hydroxyl groups excluding tert-OH is 1. The number of allylic oxidation sites excluding steroid dienone is 1. The first-order chi connectivity index (χ1) is 29.2. The number of aryl methyl sites for hydroxylation is 1. The van der Waals surface area contributed by atoms with Crippen molar-refractivity contribution >= 4 is 33.1 Å². The van der Waals surface area contributed by atoms with Crippen molar-refractivity contribution < 1.29 is 15.0 Å². The van der Waals surface area contributed by atoms with Gasteiger partial charge in [-0.1, -0.05) is 103 Å². The SMILES string of the molecule is C[C@@H](/C=C/CCn1cc(C(CO)c2ccccc2)nn1)[C@]1(O)C(=O)N(Cc2ccc(-n3ncc4ccccc4c3=O)cc2)c2ccc(-n3ncc4ccccc4c3=O)cc21. The highest BCUT2D eigenvalue weighted by Gasteiger charge is 2.52. The van der Waals surface area contributed by atoms with E-state index in [-0.39, 0.29) is 30.2 Å². The smallest absolute Gasteiger partial charge is 0.279 e. The van der Waals surface area contributed by atoms with Gasteiger partial charge in [-0.05, 0) is 60.0 Å². The first-order valence-electron chi connectivity index (χ1n) is 19.7. The lowest BCUT2D eigenvalue weighted by Crippen LogP contribution is -2.44. The molecule has 8 aromatic rings. The van der Waals surface area contributed by atoms with Crippen molar-refractivity contribution in [2.24, 2.45) is 5.92 Å². The van der Waals surface area contributed by atoms with Crippen LogP contribution < -0.4 is 16.0 Å². The number of aliphatic hydroxyl groups is 2. The highest BCUT2D eigenvalue weighted by atomic mass is 16.3. The van der Waals surface area contributed by atoms with Crippen LogP contribution in [0.3, 0.4) is 0 Å². The molecule has 3 aromatic heterocycles. The number of carbonyl (C=O) groups is 1. The number of aromatic nitrogens is 7. The Kier molecular flexibility index (Phi) is 10.0. The Bertz CT molecular complexity index is 3030. The van der Waals surface area contributed by atoms with Gasteiger partial charge in [-0.2, -0.15) is 19.6 Å². The molecule has 13 nitrogen and oxygen atoms in total. The molecule has 298 valence electrons. The van der Waals surface area contributed by atoms with Crippen LogP contribution in [-0.4, -0.2) is 57.3 Å². The topological polar surface area (TPSA) is 161 Å². The predicted octanol–water partition coefficient (Wildman–Crippen LogP) is 5.82. The van der Waals surface area contributed by atoms with Crippen molar-refractivity contribution in [2.75, 3.05) is 11.5 Å². The Morgan fingerprint density at radius 2 is 1.37 bits per heavy atom. The number of anilines is 1. The maximum atomic E-state index is 14.6. The molecule has 0 spiro atoms. The Labute approximate surface area is 343 Å². The van der Waals surface area contributed by atoms with E-state index in [0.717, 1.165) is 16.5 Å². The zero-order valence-corrected chi connectivity index (χ0v) is 32.6. The van der Waals surface area contributed by atoms with Gasteiger partial charge in [0.2, 0.25) is 0 Å². The van der Waals surface area contributed by atoms with Crippen LogP contribution in [0.5, 0.6) is 0 Å². The fourth-order valence-electron chi connectivity index (χ4n) is 7.98. The zero-order chi connectivity index (χ0) is 41.4. The van der Waals surface area contributed by atoms with E-state index in [4.69, 9.17) is 0 Å². The van der Waals surface area contributed by atoms with E-state index in [2.05, 4.69) is 20.5 Å². The second-order valence-electron chi connectivity index (χ2n) is 15.0. The van der Waals surface area contributed by atoms with E-state index in [9.17, 15) is 24.6 Å². The minimum Gasteiger partial charge on any atom is -0.395 e. The summed E-state index contributed by atoms with van der Waals surface area (Å²) in [7, 11) is 0.